The highest BCUT2D eigenvalue weighted by atomic mass is 35.5. The maximum absolute atomic E-state index is 6.43. The van der Waals surface area contributed by atoms with E-state index in [9.17, 15) is 0 Å². The standard InChI is InChI=1S/C16H12Cl2O/c17-13-7-3-1-5-11(13)9-14(18)16-10-12-6-2-4-8-15(12)19-16/h1-8,10,14H,9H2. The van der Waals surface area contributed by atoms with Crippen LogP contribution in [0.3, 0.4) is 0 Å². The van der Waals surface area contributed by atoms with Gasteiger partial charge in [-0.05, 0) is 30.2 Å². The zero-order valence-electron chi connectivity index (χ0n) is 10.1. The van der Waals surface area contributed by atoms with Crippen molar-refractivity contribution < 1.29 is 4.42 Å². The third-order valence-corrected chi connectivity index (χ3v) is 3.85. The van der Waals surface area contributed by atoms with Crippen molar-refractivity contribution in [1.82, 2.24) is 0 Å². The second-order valence-corrected chi connectivity index (χ2v) is 5.38. The predicted octanol–water partition coefficient (Wildman–Crippen LogP) is 5.61. The molecule has 1 unspecified atom stereocenters. The molecule has 1 heterocycles. The lowest BCUT2D eigenvalue weighted by atomic mass is 10.1. The van der Waals surface area contributed by atoms with Crippen molar-refractivity contribution in [2.24, 2.45) is 0 Å². The van der Waals surface area contributed by atoms with Crippen LogP contribution >= 0.6 is 23.2 Å². The molecule has 0 saturated carbocycles. The molecule has 0 aliphatic rings. The van der Waals surface area contributed by atoms with E-state index >= 15 is 0 Å². The molecule has 0 bridgehead atoms. The van der Waals surface area contributed by atoms with E-state index in [4.69, 9.17) is 27.6 Å². The number of hydrogen-bond donors (Lipinski definition) is 0. The van der Waals surface area contributed by atoms with Gasteiger partial charge in [0.2, 0.25) is 0 Å². The van der Waals surface area contributed by atoms with Gasteiger partial charge in [-0.1, -0.05) is 48.0 Å². The first-order valence-electron chi connectivity index (χ1n) is 6.10. The van der Waals surface area contributed by atoms with Gasteiger partial charge in [0.1, 0.15) is 11.3 Å². The van der Waals surface area contributed by atoms with Gasteiger partial charge in [0.15, 0.2) is 0 Å². The fraction of sp³-hybridized carbons (Fsp3) is 0.125. The van der Waals surface area contributed by atoms with Crippen LogP contribution in [-0.4, -0.2) is 0 Å². The van der Waals surface area contributed by atoms with Crippen LogP contribution in [0.1, 0.15) is 16.7 Å². The first-order chi connectivity index (χ1) is 9.24. The van der Waals surface area contributed by atoms with Crippen LogP contribution < -0.4 is 0 Å². The van der Waals surface area contributed by atoms with Gasteiger partial charge in [0, 0.05) is 10.4 Å². The third kappa shape index (κ3) is 2.63. The van der Waals surface area contributed by atoms with Gasteiger partial charge in [-0.3, -0.25) is 0 Å². The molecular formula is C16H12Cl2O. The van der Waals surface area contributed by atoms with Crippen molar-refractivity contribution in [2.75, 3.05) is 0 Å². The average molecular weight is 291 g/mol. The fourth-order valence-corrected chi connectivity index (χ4v) is 2.60. The van der Waals surface area contributed by atoms with E-state index in [1.165, 1.54) is 0 Å². The van der Waals surface area contributed by atoms with E-state index in [1.807, 2.05) is 54.6 Å². The number of benzene rings is 2. The van der Waals surface area contributed by atoms with Crippen LogP contribution in [0.25, 0.3) is 11.0 Å². The van der Waals surface area contributed by atoms with Crippen molar-refractivity contribution in [1.29, 1.82) is 0 Å². The molecule has 1 aromatic heterocycles. The van der Waals surface area contributed by atoms with Gasteiger partial charge in [0.05, 0.1) is 5.38 Å². The van der Waals surface area contributed by atoms with E-state index in [-0.39, 0.29) is 5.38 Å². The molecule has 3 heteroatoms. The van der Waals surface area contributed by atoms with Gasteiger partial charge in [0.25, 0.3) is 0 Å². The van der Waals surface area contributed by atoms with E-state index in [2.05, 4.69) is 0 Å². The average Bonchev–Trinajstić information content (AvgIpc) is 2.85. The summed E-state index contributed by atoms with van der Waals surface area (Å²) in [4.78, 5) is 0. The van der Waals surface area contributed by atoms with Crippen LogP contribution in [0, 0.1) is 0 Å². The van der Waals surface area contributed by atoms with E-state index in [1.54, 1.807) is 0 Å². The lowest BCUT2D eigenvalue weighted by molar-refractivity contribution is 0.540. The molecular weight excluding hydrogens is 279 g/mol. The summed E-state index contributed by atoms with van der Waals surface area (Å²) in [6, 6.07) is 17.6. The lowest BCUT2D eigenvalue weighted by Gasteiger charge is -2.07. The molecule has 1 nitrogen and oxygen atoms in total. The molecule has 0 amide bonds. The van der Waals surface area contributed by atoms with Crippen LogP contribution in [0.15, 0.2) is 59.0 Å². The van der Waals surface area contributed by atoms with Crippen LogP contribution in [0.2, 0.25) is 5.02 Å². The molecule has 0 saturated heterocycles. The van der Waals surface area contributed by atoms with Crippen molar-refractivity contribution in [2.45, 2.75) is 11.8 Å². The van der Waals surface area contributed by atoms with E-state index in [0.29, 0.717) is 6.42 Å². The minimum atomic E-state index is -0.215. The lowest BCUT2D eigenvalue weighted by Crippen LogP contribution is -1.94. The summed E-state index contributed by atoms with van der Waals surface area (Å²) in [5.41, 5.74) is 1.90. The number of furan rings is 1. The summed E-state index contributed by atoms with van der Waals surface area (Å²) in [5, 5.41) is 1.60. The molecule has 0 radical (unpaired) electrons. The molecule has 0 spiro atoms. The van der Waals surface area contributed by atoms with Crippen LogP contribution in [-0.2, 0) is 6.42 Å². The molecule has 1 atom stereocenters. The Morgan fingerprint density at radius 1 is 1.00 bits per heavy atom. The molecule has 0 aliphatic heterocycles. The van der Waals surface area contributed by atoms with Crippen molar-refractivity contribution >= 4 is 34.2 Å². The Morgan fingerprint density at radius 2 is 1.74 bits per heavy atom. The van der Waals surface area contributed by atoms with Gasteiger partial charge in [-0.2, -0.15) is 0 Å². The Kier molecular flexibility index (Phi) is 3.50. The maximum Gasteiger partial charge on any atom is 0.134 e. The molecule has 0 N–H and O–H groups in total. The Bertz CT molecular complexity index is 670. The van der Waals surface area contributed by atoms with Crippen LogP contribution in [0.5, 0.6) is 0 Å². The number of para-hydroxylation sites is 1. The SMILES string of the molecule is Clc1ccccc1CC(Cl)c1cc2ccccc2o1. The summed E-state index contributed by atoms with van der Waals surface area (Å²) in [5.74, 6) is 0.780. The first-order valence-corrected chi connectivity index (χ1v) is 6.91. The highest BCUT2D eigenvalue weighted by molar-refractivity contribution is 6.31. The smallest absolute Gasteiger partial charge is 0.134 e. The number of alkyl halides is 1. The first kappa shape index (κ1) is 12.6. The van der Waals surface area contributed by atoms with Crippen molar-refractivity contribution in [3.05, 3.63) is 70.9 Å². The number of fused-ring (bicyclic) bond motifs is 1. The minimum Gasteiger partial charge on any atom is -0.459 e. The monoisotopic (exact) mass is 290 g/mol. The summed E-state index contributed by atoms with van der Waals surface area (Å²) in [6.07, 6.45) is 0.654. The quantitative estimate of drug-likeness (QED) is 0.572. The number of rotatable bonds is 3. The summed E-state index contributed by atoms with van der Waals surface area (Å²) < 4.78 is 5.77. The fourth-order valence-electron chi connectivity index (χ4n) is 2.11. The summed E-state index contributed by atoms with van der Waals surface area (Å²) in [7, 11) is 0. The third-order valence-electron chi connectivity index (χ3n) is 3.11. The molecule has 0 aliphatic carbocycles. The molecule has 2 aromatic carbocycles. The molecule has 96 valence electrons. The van der Waals surface area contributed by atoms with Gasteiger partial charge in [-0.25, -0.2) is 0 Å². The number of halogens is 2. The zero-order chi connectivity index (χ0) is 13.2. The Balaban J connectivity index is 1.87. The molecule has 3 aromatic rings. The predicted molar refractivity (Wildman–Crippen MR) is 80.0 cm³/mol. The van der Waals surface area contributed by atoms with E-state index < -0.39 is 0 Å². The topological polar surface area (TPSA) is 13.1 Å². The van der Waals surface area contributed by atoms with Crippen molar-refractivity contribution in [3.63, 3.8) is 0 Å². The van der Waals surface area contributed by atoms with Gasteiger partial charge < -0.3 is 4.42 Å². The molecule has 3 rings (SSSR count). The highest BCUT2D eigenvalue weighted by Crippen LogP contribution is 2.31. The van der Waals surface area contributed by atoms with Gasteiger partial charge in [-0.15, -0.1) is 11.6 Å². The Labute approximate surface area is 121 Å². The second-order valence-electron chi connectivity index (χ2n) is 4.45. The van der Waals surface area contributed by atoms with Crippen LogP contribution in [0.4, 0.5) is 0 Å². The Hall–Kier alpha value is -1.44. The summed E-state index contributed by atoms with van der Waals surface area (Å²) >= 11 is 12.6. The second kappa shape index (κ2) is 5.28. The van der Waals surface area contributed by atoms with E-state index in [0.717, 1.165) is 27.3 Å². The van der Waals surface area contributed by atoms with Gasteiger partial charge >= 0.3 is 0 Å². The molecule has 0 fully saturated rings. The highest BCUT2D eigenvalue weighted by Gasteiger charge is 2.15. The normalized spacial score (nSPS) is 12.7. The number of hydrogen-bond acceptors (Lipinski definition) is 1. The molecule has 19 heavy (non-hydrogen) atoms. The largest absolute Gasteiger partial charge is 0.459 e. The summed E-state index contributed by atoms with van der Waals surface area (Å²) in [6.45, 7) is 0. The maximum atomic E-state index is 6.43. The Morgan fingerprint density at radius 3 is 2.53 bits per heavy atom. The minimum absolute atomic E-state index is 0.215. The van der Waals surface area contributed by atoms with Crippen molar-refractivity contribution in [3.8, 4) is 0 Å². The zero-order valence-corrected chi connectivity index (χ0v) is 11.7.